The third kappa shape index (κ3) is 3.61. The van der Waals surface area contributed by atoms with E-state index < -0.39 is 0 Å². The smallest absolute Gasteiger partial charge is 0.224 e. The van der Waals surface area contributed by atoms with Crippen LogP contribution in [0.15, 0.2) is 36.7 Å². The molecule has 0 fully saturated rings. The van der Waals surface area contributed by atoms with Gasteiger partial charge in [-0.3, -0.25) is 4.79 Å². The van der Waals surface area contributed by atoms with Crippen molar-refractivity contribution in [1.82, 2.24) is 9.97 Å². The third-order valence-electron chi connectivity index (χ3n) is 2.72. The molecule has 1 aromatic heterocycles. The molecule has 0 aliphatic carbocycles. The number of amides is 1. The molecule has 2 aromatic rings. The predicted octanol–water partition coefficient (Wildman–Crippen LogP) is 3.19. The predicted molar refractivity (Wildman–Crippen MR) is 75.7 cm³/mol. The van der Waals surface area contributed by atoms with Gasteiger partial charge in [0.1, 0.15) is 0 Å². The first-order valence-electron chi connectivity index (χ1n) is 6.38. The molecule has 98 valence electrons. The monoisotopic (exact) mass is 255 g/mol. The molecule has 1 amide bonds. The Hall–Kier alpha value is -2.23. The average molecular weight is 255 g/mol. The molecule has 4 nitrogen and oxygen atoms in total. The lowest BCUT2D eigenvalue weighted by Crippen LogP contribution is -2.11. The summed E-state index contributed by atoms with van der Waals surface area (Å²) < 4.78 is 0. The Morgan fingerprint density at radius 2 is 1.79 bits per heavy atom. The lowest BCUT2D eigenvalue weighted by Gasteiger charge is -2.05. The number of carbonyl (C=O) groups is 1. The van der Waals surface area contributed by atoms with Crippen molar-refractivity contribution in [3.63, 3.8) is 0 Å². The molecule has 0 bridgehead atoms. The molecule has 4 heteroatoms. The molecular formula is C15H17N3O. The zero-order valence-corrected chi connectivity index (χ0v) is 11.2. The Balaban J connectivity index is 2.10. The molecule has 1 heterocycles. The zero-order valence-electron chi connectivity index (χ0n) is 11.2. The topological polar surface area (TPSA) is 54.9 Å². The second-order valence-corrected chi connectivity index (χ2v) is 4.46. The van der Waals surface area contributed by atoms with Crippen molar-refractivity contribution in [3.8, 4) is 11.4 Å². The second-order valence-electron chi connectivity index (χ2n) is 4.46. The molecule has 0 saturated heterocycles. The van der Waals surface area contributed by atoms with Gasteiger partial charge in [-0.1, -0.05) is 36.8 Å². The first-order chi connectivity index (χ1) is 9.19. The minimum Gasteiger partial charge on any atom is -0.323 e. The quantitative estimate of drug-likeness (QED) is 0.912. The molecule has 2 rings (SSSR count). The lowest BCUT2D eigenvalue weighted by molar-refractivity contribution is -0.116. The molecule has 1 aromatic carbocycles. The van der Waals surface area contributed by atoms with E-state index in [1.54, 1.807) is 12.4 Å². The molecule has 0 aliphatic rings. The maximum atomic E-state index is 11.4. The normalized spacial score (nSPS) is 10.2. The summed E-state index contributed by atoms with van der Waals surface area (Å²) in [6.07, 6.45) is 4.61. The minimum atomic E-state index is -0.00538. The van der Waals surface area contributed by atoms with Crippen molar-refractivity contribution in [2.24, 2.45) is 0 Å². The van der Waals surface area contributed by atoms with Crippen LogP contribution in [-0.4, -0.2) is 15.9 Å². The SMILES string of the molecule is CCCC(=O)Nc1cnc(-c2ccc(C)cc2)nc1. The molecule has 0 radical (unpaired) electrons. The van der Waals surface area contributed by atoms with Crippen LogP contribution in [0.4, 0.5) is 5.69 Å². The van der Waals surface area contributed by atoms with E-state index in [0.29, 0.717) is 17.9 Å². The number of nitrogens with zero attached hydrogens (tertiary/aromatic N) is 2. The van der Waals surface area contributed by atoms with Gasteiger partial charge < -0.3 is 5.32 Å². The van der Waals surface area contributed by atoms with Gasteiger partial charge in [0, 0.05) is 12.0 Å². The molecule has 0 atom stereocenters. The van der Waals surface area contributed by atoms with E-state index in [1.165, 1.54) is 5.56 Å². The van der Waals surface area contributed by atoms with E-state index in [2.05, 4.69) is 15.3 Å². The van der Waals surface area contributed by atoms with Crippen molar-refractivity contribution < 1.29 is 4.79 Å². The summed E-state index contributed by atoms with van der Waals surface area (Å²) in [5.74, 6) is 0.655. The number of carbonyl (C=O) groups excluding carboxylic acids is 1. The Labute approximate surface area is 112 Å². The van der Waals surface area contributed by atoms with Gasteiger partial charge in [0.15, 0.2) is 5.82 Å². The zero-order chi connectivity index (χ0) is 13.7. The largest absolute Gasteiger partial charge is 0.323 e. The van der Waals surface area contributed by atoms with Gasteiger partial charge in [-0.15, -0.1) is 0 Å². The first-order valence-corrected chi connectivity index (χ1v) is 6.38. The summed E-state index contributed by atoms with van der Waals surface area (Å²) in [7, 11) is 0. The summed E-state index contributed by atoms with van der Waals surface area (Å²) in [4.78, 5) is 20.0. The summed E-state index contributed by atoms with van der Waals surface area (Å²) in [6, 6.07) is 8.02. The number of aromatic nitrogens is 2. The number of aryl methyl sites for hydroxylation is 1. The number of hydrogen-bond acceptors (Lipinski definition) is 3. The lowest BCUT2D eigenvalue weighted by atomic mass is 10.1. The first kappa shape index (κ1) is 13.2. The summed E-state index contributed by atoms with van der Waals surface area (Å²) >= 11 is 0. The fourth-order valence-corrected chi connectivity index (χ4v) is 1.69. The van der Waals surface area contributed by atoms with E-state index in [1.807, 2.05) is 38.1 Å². The fraction of sp³-hybridized carbons (Fsp3) is 0.267. The highest BCUT2D eigenvalue weighted by atomic mass is 16.1. The van der Waals surface area contributed by atoms with Crippen molar-refractivity contribution in [2.45, 2.75) is 26.7 Å². The standard InChI is InChI=1S/C15H17N3O/c1-3-4-14(19)18-13-9-16-15(17-10-13)12-7-5-11(2)6-8-12/h5-10H,3-4H2,1-2H3,(H,18,19). The van der Waals surface area contributed by atoms with Gasteiger partial charge in [0.05, 0.1) is 18.1 Å². The molecule has 0 aliphatic heterocycles. The Morgan fingerprint density at radius 3 is 2.37 bits per heavy atom. The van der Waals surface area contributed by atoms with Crippen molar-refractivity contribution in [3.05, 3.63) is 42.2 Å². The number of nitrogens with one attached hydrogen (secondary N) is 1. The van der Waals surface area contributed by atoms with Crippen molar-refractivity contribution in [2.75, 3.05) is 5.32 Å². The van der Waals surface area contributed by atoms with Gasteiger partial charge in [0.25, 0.3) is 0 Å². The highest BCUT2D eigenvalue weighted by Gasteiger charge is 2.03. The average Bonchev–Trinajstić information content (AvgIpc) is 2.41. The Morgan fingerprint density at radius 1 is 1.16 bits per heavy atom. The van der Waals surface area contributed by atoms with Gasteiger partial charge in [-0.2, -0.15) is 0 Å². The van der Waals surface area contributed by atoms with Crippen molar-refractivity contribution >= 4 is 11.6 Å². The number of benzene rings is 1. The summed E-state index contributed by atoms with van der Waals surface area (Å²) in [5.41, 5.74) is 2.80. The van der Waals surface area contributed by atoms with Gasteiger partial charge >= 0.3 is 0 Å². The van der Waals surface area contributed by atoms with Gasteiger partial charge in [-0.05, 0) is 13.3 Å². The van der Waals surface area contributed by atoms with Gasteiger partial charge in [-0.25, -0.2) is 9.97 Å². The van der Waals surface area contributed by atoms with Crippen LogP contribution in [0.2, 0.25) is 0 Å². The van der Waals surface area contributed by atoms with Crippen LogP contribution in [0.1, 0.15) is 25.3 Å². The van der Waals surface area contributed by atoms with Crippen molar-refractivity contribution in [1.29, 1.82) is 0 Å². The number of hydrogen-bond donors (Lipinski definition) is 1. The van der Waals surface area contributed by atoms with Gasteiger partial charge in [0.2, 0.25) is 5.91 Å². The Bertz CT molecular complexity index is 547. The van der Waals surface area contributed by atoms with Crippen LogP contribution in [0, 0.1) is 6.92 Å². The van der Waals surface area contributed by atoms with E-state index in [9.17, 15) is 4.79 Å². The molecular weight excluding hydrogens is 238 g/mol. The summed E-state index contributed by atoms with van der Waals surface area (Å²) in [5, 5.41) is 2.77. The van der Waals surface area contributed by atoms with Crippen LogP contribution in [0.5, 0.6) is 0 Å². The molecule has 0 spiro atoms. The Kier molecular flexibility index (Phi) is 4.23. The molecule has 0 saturated carbocycles. The molecule has 1 N–H and O–H groups in total. The van der Waals surface area contributed by atoms with Crippen LogP contribution in [0.3, 0.4) is 0 Å². The van der Waals surface area contributed by atoms with Crippen LogP contribution in [0.25, 0.3) is 11.4 Å². The van der Waals surface area contributed by atoms with E-state index >= 15 is 0 Å². The maximum absolute atomic E-state index is 11.4. The fourth-order valence-electron chi connectivity index (χ4n) is 1.69. The third-order valence-corrected chi connectivity index (χ3v) is 2.72. The number of anilines is 1. The maximum Gasteiger partial charge on any atom is 0.224 e. The molecule has 0 unspecified atom stereocenters. The van der Waals surface area contributed by atoms with Crippen LogP contribution in [-0.2, 0) is 4.79 Å². The van der Waals surface area contributed by atoms with E-state index in [4.69, 9.17) is 0 Å². The second kappa shape index (κ2) is 6.09. The number of rotatable bonds is 4. The molecule has 19 heavy (non-hydrogen) atoms. The van der Waals surface area contributed by atoms with E-state index in [-0.39, 0.29) is 5.91 Å². The highest BCUT2D eigenvalue weighted by Crippen LogP contribution is 2.16. The van der Waals surface area contributed by atoms with Crippen LogP contribution < -0.4 is 5.32 Å². The minimum absolute atomic E-state index is 0.00538. The highest BCUT2D eigenvalue weighted by molar-refractivity contribution is 5.90. The summed E-state index contributed by atoms with van der Waals surface area (Å²) in [6.45, 7) is 4.01. The van der Waals surface area contributed by atoms with E-state index in [0.717, 1.165) is 12.0 Å². The van der Waals surface area contributed by atoms with Crippen LogP contribution >= 0.6 is 0 Å².